The molecule has 0 aliphatic rings. The van der Waals surface area contributed by atoms with Crippen molar-refractivity contribution < 1.29 is 24.3 Å². The average Bonchev–Trinajstić information content (AvgIpc) is 3.44. The van der Waals surface area contributed by atoms with Crippen LogP contribution in [-0.2, 0) is 9.59 Å². The molecule has 5 N–H and O–H groups in total. The van der Waals surface area contributed by atoms with Crippen molar-refractivity contribution in [2.24, 2.45) is 0 Å². The highest BCUT2D eigenvalue weighted by atomic mass is 32.1. The Morgan fingerprint density at radius 3 is 2.60 bits per heavy atom. The number of fused-ring (bicyclic) bond motifs is 1. The van der Waals surface area contributed by atoms with Gasteiger partial charge in [-0.15, -0.1) is 11.3 Å². The van der Waals surface area contributed by atoms with Crippen LogP contribution in [0.4, 0.5) is 17.3 Å². The maximum atomic E-state index is 12.4. The number of nitrogens with zero attached hydrogens (tertiary/aromatic N) is 2. The van der Waals surface area contributed by atoms with Gasteiger partial charge in [-0.25, -0.2) is 10.5 Å². The van der Waals surface area contributed by atoms with E-state index in [1.807, 2.05) is 11.4 Å². The highest BCUT2D eigenvalue weighted by Crippen LogP contribution is 2.33. The molecule has 0 saturated heterocycles. The first kappa shape index (κ1) is 28.2. The second-order valence-corrected chi connectivity index (χ2v) is 9.53. The highest BCUT2D eigenvalue weighted by Gasteiger charge is 2.13. The van der Waals surface area contributed by atoms with Crippen LogP contribution in [0.3, 0.4) is 0 Å². The van der Waals surface area contributed by atoms with Crippen molar-refractivity contribution in [1.82, 2.24) is 20.8 Å². The van der Waals surface area contributed by atoms with Gasteiger partial charge in [-0.3, -0.25) is 19.6 Å². The molecule has 0 saturated carbocycles. The van der Waals surface area contributed by atoms with Gasteiger partial charge in [0.2, 0.25) is 23.6 Å². The smallest absolute Gasteiger partial charge is 0.251 e. The largest absolute Gasteiger partial charge is 0.437 e. The second-order valence-electron chi connectivity index (χ2n) is 8.61. The molecule has 0 aliphatic carbocycles. The third-order valence-corrected chi connectivity index (χ3v) is 6.56. The normalized spacial score (nSPS) is 10.5. The number of benzene rings is 2. The van der Waals surface area contributed by atoms with Crippen LogP contribution in [0, 0.1) is 0 Å². The number of unbranched alkanes of at least 4 members (excludes halogenated alkanes) is 2. The molecule has 4 aromatic rings. The van der Waals surface area contributed by atoms with E-state index in [1.165, 1.54) is 17.4 Å². The summed E-state index contributed by atoms with van der Waals surface area (Å²) in [6, 6.07) is 15.7. The fraction of sp³-hybridized carbons (Fsp3) is 0.179. The molecule has 12 heteroatoms. The molecular formula is C28H28N6O5S. The van der Waals surface area contributed by atoms with Crippen molar-refractivity contribution in [3.63, 3.8) is 0 Å². The van der Waals surface area contributed by atoms with Gasteiger partial charge in [0, 0.05) is 36.0 Å². The molecular weight excluding hydrogens is 532 g/mol. The van der Waals surface area contributed by atoms with Crippen LogP contribution in [0.5, 0.6) is 11.6 Å². The first-order valence-electron chi connectivity index (χ1n) is 12.5. The van der Waals surface area contributed by atoms with Crippen molar-refractivity contribution in [1.29, 1.82) is 0 Å². The summed E-state index contributed by atoms with van der Waals surface area (Å²) in [5, 5.41) is 19.1. The minimum Gasteiger partial charge on any atom is -0.437 e. The molecule has 2 aromatic heterocycles. The highest BCUT2D eigenvalue weighted by molar-refractivity contribution is 7.17. The molecule has 0 spiro atoms. The molecule has 2 heterocycles. The number of carbonyl (C=O) groups excluding carboxylic acids is 3. The molecule has 4 rings (SSSR count). The molecule has 3 amide bonds. The van der Waals surface area contributed by atoms with E-state index in [0.717, 1.165) is 17.5 Å². The van der Waals surface area contributed by atoms with Gasteiger partial charge in [-0.05, 0) is 66.8 Å². The lowest BCUT2D eigenvalue weighted by Crippen LogP contribution is -2.24. The summed E-state index contributed by atoms with van der Waals surface area (Å²) in [4.78, 5) is 44.2. The van der Waals surface area contributed by atoms with Gasteiger partial charge in [0.1, 0.15) is 10.4 Å². The van der Waals surface area contributed by atoms with Crippen LogP contribution < -0.4 is 26.2 Å². The average molecular weight is 561 g/mol. The van der Waals surface area contributed by atoms with Gasteiger partial charge in [0.05, 0.1) is 5.52 Å². The van der Waals surface area contributed by atoms with E-state index >= 15 is 0 Å². The van der Waals surface area contributed by atoms with Crippen LogP contribution >= 0.6 is 11.3 Å². The summed E-state index contributed by atoms with van der Waals surface area (Å²) in [5.74, 6) is 0.247. The molecule has 40 heavy (non-hydrogen) atoms. The third kappa shape index (κ3) is 7.85. The zero-order chi connectivity index (χ0) is 28.3. The molecule has 2 aromatic carbocycles. The molecule has 0 unspecified atom stereocenters. The number of thiophene rings is 1. The minimum atomic E-state index is -0.414. The first-order valence-corrected chi connectivity index (χ1v) is 13.4. The molecule has 206 valence electrons. The molecule has 11 nitrogen and oxygen atoms in total. The van der Waals surface area contributed by atoms with E-state index in [9.17, 15) is 14.4 Å². The fourth-order valence-electron chi connectivity index (χ4n) is 3.69. The first-order chi connectivity index (χ1) is 19.4. The zero-order valence-electron chi connectivity index (χ0n) is 21.5. The van der Waals surface area contributed by atoms with Crippen LogP contribution in [-0.4, -0.2) is 39.4 Å². The van der Waals surface area contributed by atoms with E-state index in [-0.39, 0.29) is 18.2 Å². The van der Waals surface area contributed by atoms with E-state index in [4.69, 9.17) is 9.94 Å². The standard InChI is InChI=1S/C28H28N6O5S/c1-2-23(35)30-20-7-6-8-21(17-20)39-27-25-22(14-16-40-25)32-28(33-27)31-19-12-10-18(11-13-19)26(37)29-15-5-3-4-9-24(36)34-38/h2,6-8,10-14,16-17,38H,1,3-5,9,15H2,(H,29,37)(H,30,35)(H,34,36)(H,31,32,33). The zero-order valence-corrected chi connectivity index (χ0v) is 22.3. The van der Waals surface area contributed by atoms with E-state index in [1.54, 1.807) is 54.0 Å². The number of anilines is 3. The molecule has 0 fully saturated rings. The Morgan fingerprint density at radius 1 is 1.00 bits per heavy atom. The Hall–Kier alpha value is -4.81. The summed E-state index contributed by atoms with van der Waals surface area (Å²) in [5.41, 5.74) is 4.07. The van der Waals surface area contributed by atoms with Crippen molar-refractivity contribution >= 4 is 56.6 Å². The number of hydroxylamine groups is 1. The fourth-order valence-corrected chi connectivity index (χ4v) is 4.44. The van der Waals surface area contributed by atoms with Crippen molar-refractivity contribution in [2.75, 3.05) is 17.2 Å². The number of amides is 3. The summed E-state index contributed by atoms with van der Waals surface area (Å²) in [6.45, 7) is 3.94. The van der Waals surface area contributed by atoms with Gasteiger partial charge in [0.25, 0.3) is 5.91 Å². The maximum Gasteiger partial charge on any atom is 0.251 e. The van der Waals surface area contributed by atoms with Gasteiger partial charge < -0.3 is 20.7 Å². The number of aromatic nitrogens is 2. The van der Waals surface area contributed by atoms with Crippen LogP contribution in [0.1, 0.15) is 36.0 Å². The van der Waals surface area contributed by atoms with Crippen LogP contribution in [0.2, 0.25) is 0 Å². The monoisotopic (exact) mass is 560 g/mol. The van der Waals surface area contributed by atoms with Gasteiger partial charge >= 0.3 is 0 Å². The Morgan fingerprint density at radius 2 is 1.82 bits per heavy atom. The maximum absolute atomic E-state index is 12.4. The Bertz CT molecular complexity index is 1500. The number of hydrogen-bond acceptors (Lipinski definition) is 9. The van der Waals surface area contributed by atoms with E-state index in [0.29, 0.717) is 53.0 Å². The third-order valence-electron chi connectivity index (χ3n) is 5.67. The predicted molar refractivity (Wildman–Crippen MR) is 153 cm³/mol. The molecule has 0 radical (unpaired) electrons. The van der Waals surface area contributed by atoms with Crippen LogP contribution in [0.25, 0.3) is 10.2 Å². The number of rotatable bonds is 13. The SMILES string of the molecule is C=CC(=O)Nc1cccc(Oc2nc(Nc3ccc(C(=O)NCCCCCC(=O)NO)cc3)nc3ccsc23)c1. The molecule has 0 bridgehead atoms. The van der Waals surface area contributed by atoms with Crippen molar-refractivity contribution in [3.8, 4) is 11.6 Å². The summed E-state index contributed by atoms with van der Waals surface area (Å²) in [7, 11) is 0. The molecule has 0 atom stereocenters. The number of hydrogen-bond donors (Lipinski definition) is 5. The van der Waals surface area contributed by atoms with E-state index in [2.05, 4.69) is 32.5 Å². The van der Waals surface area contributed by atoms with Crippen molar-refractivity contribution in [3.05, 3.63) is 78.2 Å². The van der Waals surface area contributed by atoms with Gasteiger partial charge in [-0.1, -0.05) is 19.1 Å². The molecule has 0 aliphatic heterocycles. The number of carbonyl (C=O) groups is 3. The quantitative estimate of drug-likeness (QED) is 0.0651. The van der Waals surface area contributed by atoms with Crippen LogP contribution in [0.15, 0.2) is 72.6 Å². The summed E-state index contributed by atoms with van der Waals surface area (Å²) in [6.07, 6.45) is 3.56. The summed E-state index contributed by atoms with van der Waals surface area (Å²) < 4.78 is 6.85. The van der Waals surface area contributed by atoms with Gasteiger partial charge in [0.15, 0.2) is 0 Å². The number of nitrogens with one attached hydrogen (secondary N) is 4. The van der Waals surface area contributed by atoms with Gasteiger partial charge in [-0.2, -0.15) is 4.98 Å². The lowest BCUT2D eigenvalue weighted by molar-refractivity contribution is -0.129. The predicted octanol–water partition coefficient (Wildman–Crippen LogP) is 5.15. The van der Waals surface area contributed by atoms with Crippen molar-refractivity contribution in [2.45, 2.75) is 25.7 Å². The lowest BCUT2D eigenvalue weighted by Gasteiger charge is -2.11. The Kier molecular flexibility index (Phi) is 9.75. The van der Waals surface area contributed by atoms with E-state index < -0.39 is 5.91 Å². The minimum absolute atomic E-state index is 0.196. The Balaban J connectivity index is 1.38. The summed E-state index contributed by atoms with van der Waals surface area (Å²) >= 11 is 1.45. The Labute approximate surface area is 234 Å². The lowest BCUT2D eigenvalue weighted by atomic mass is 10.1. The second kappa shape index (κ2) is 13.8. The topological polar surface area (TPSA) is 155 Å². The number of ether oxygens (including phenoxy) is 1.